The summed E-state index contributed by atoms with van der Waals surface area (Å²) in [4.78, 5) is 4.96. The number of nitrogens with zero attached hydrogens (tertiary/aromatic N) is 2. The summed E-state index contributed by atoms with van der Waals surface area (Å²) in [7, 11) is 0. The van der Waals surface area contributed by atoms with Gasteiger partial charge in [0.1, 0.15) is 0 Å². The van der Waals surface area contributed by atoms with Crippen LogP contribution in [0.3, 0.4) is 0 Å². The van der Waals surface area contributed by atoms with Crippen LogP contribution in [0.25, 0.3) is 10.8 Å². The zero-order valence-corrected chi connectivity index (χ0v) is 15.3. The van der Waals surface area contributed by atoms with Crippen LogP contribution in [0.2, 0.25) is 5.02 Å². The first-order valence-corrected chi connectivity index (χ1v) is 9.47. The molecule has 2 aliphatic heterocycles. The number of rotatable bonds is 4. The summed E-state index contributed by atoms with van der Waals surface area (Å²) >= 11 is 6.46. The van der Waals surface area contributed by atoms with Crippen LogP contribution < -0.4 is 0 Å². The van der Waals surface area contributed by atoms with Gasteiger partial charge in [-0.25, -0.2) is 0 Å². The first kappa shape index (κ1) is 17.3. The second kappa shape index (κ2) is 8.02. The molecule has 4 nitrogen and oxygen atoms in total. The number of benzene rings is 2. The highest BCUT2D eigenvalue weighted by Crippen LogP contribution is 2.28. The molecular formula is C20H25ClN2O2. The average Bonchev–Trinajstić information content (AvgIpc) is 2.65. The van der Waals surface area contributed by atoms with E-state index in [9.17, 15) is 0 Å². The van der Waals surface area contributed by atoms with Crippen molar-refractivity contribution in [1.82, 2.24) is 9.80 Å². The molecular weight excluding hydrogens is 336 g/mol. The molecule has 0 unspecified atom stereocenters. The molecule has 0 amide bonds. The van der Waals surface area contributed by atoms with Crippen molar-refractivity contribution in [2.45, 2.75) is 13.1 Å². The van der Waals surface area contributed by atoms with Crippen molar-refractivity contribution in [2.24, 2.45) is 0 Å². The Labute approximate surface area is 154 Å². The van der Waals surface area contributed by atoms with Crippen molar-refractivity contribution in [3.8, 4) is 0 Å². The van der Waals surface area contributed by atoms with E-state index in [0.29, 0.717) is 0 Å². The number of hydrogen-bond acceptors (Lipinski definition) is 4. The Morgan fingerprint density at radius 3 is 1.96 bits per heavy atom. The van der Waals surface area contributed by atoms with Crippen molar-refractivity contribution in [3.63, 3.8) is 0 Å². The minimum absolute atomic E-state index is 0.827. The van der Waals surface area contributed by atoms with E-state index in [1.54, 1.807) is 0 Å². The molecule has 0 aliphatic carbocycles. The Hall–Kier alpha value is -1.17. The van der Waals surface area contributed by atoms with Gasteiger partial charge in [0.05, 0.1) is 26.4 Å². The third-order valence-corrected chi connectivity index (χ3v) is 5.47. The Bertz CT molecular complexity index is 725. The lowest BCUT2D eigenvalue weighted by Crippen LogP contribution is -2.37. The molecule has 0 bridgehead atoms. The minimum Gasteiger partial charge on any atom is -0.379 e. The fraction of sp³-hybridized carbons (Fsp3) is 0.500. The molecule has 2 saturated heterocycles. The van der Waals surface area contributed by atoms with E-state index in [0.717, 1.165) is 76.1 Å². The van der Waals surface area contributed by atoms with Crippen LogP contribution in [0.5, 0.6) is 0 Å². The van der Waals surface area contributed by atoms with Crippen LogP contribution >= 0.6 is 11.6 Å². The molecule has 5 heteroatoms. The molecule has 2 aromatic carbocycles. The van der Waals surface area contributed by atoms with E-state index in [1.165, 1.54) is 16.5 Å². The second-order valence-electron chi connectivity index (χ2n) is 6.86. The van der Waals surface area contributed by atoms with Gasteiger partial charge < -0.3 is 9.47 Å². The zero-order valence-electron chi connectivity index (χ0n) is 14.5. The predicted molar refractivity (Wildman–Crippen MR) is 101 cm³/mol. The largest absolute Gasteiger partial charge is 0.379 e. The van der Waals surface area contributed by atoms with Crippen LogP contribution in [-0.2, 0) is 22.6 Å². The topological polar surface area (TPSA) is 24.9 Å². The first-order chi connectivity index (χ1) is 12.3. The highest BCUT2D eigenvalue weighted by molar-refractivity contribution is 6.35. The van der Waals surface area contributed by atoms with Crippen molar-refractivity contribution in [2.75, 3.05) is 52.6 Å². The van der Waals surface area contributed by atoms with Gasteiger partial charge in [0.15, 0.2) is 0 Å². The maximum Gasteiger partial charge on any atom is 0.0594 e. The Morgan fingerprint density at radius 2 is 1.36 bits per heavy atom. The number of hydrogen-bond donors (Lipinski definition) is 0. The van der Waals surface area contributed by atoms with E-state index in [2.05, 4.69) is 28.0 Å². The fourth-order valence-corrected chi connectivity index (χ4v) is 3.91. The minimum atomic E-state index is 0.827. The van der Waals surface area contributed by atoms with Gasteiger partial charge in [0.2, 0.25) is 0 Å². The van der Waals surface area contributed by atoms with Gasteiger partial charge in [-0.1, -0.05) is 23.7 Å². The summed E-state index contributed by atoms with van der Waals surface area (Å²) in [5.74, 6) is 0. The fourth-order valence-electron chi connectivity index (χ4n) is 3.67. The molecule has 25 heavy (non-hydrogen) atoms. The highest BCUT2D eigenvalue weighted by Gasteiger charge is 2.17. The number of halogens is 1. The van der Waals surface area contributed by atoms with E-state index in [1.807, 2.05) is 12.1 Å². The summed E-state index contributed by atoms with van der Waals surface area (Å²) < 4.78 is 11.0. The molecule has 2 fully saturated rings. The Kier molecular flexibility index (Phi) is 5.54. The number of ether oxygens (including phenoxy) is 2. The van der Waals surface area contributed by atoms with Crippen LogP contribution in [0, 0.1) is 0 Å². The molecule has 0 N–H and O–H groups in total. The molecule has 0 radical (unpaired) electrons. The Balaban J connectivity index is 1.65. The highest BCUT2D eigenvalue weighted by atomic mass is 35.5. The molecule has 2 heterocycles. The lowest BCUT2D eigenvalue weighted by molar-refractivity contribution is 0.0309. The van der Waals surface area contributed by atoms with Crippen molar-refractivity contribution < 1.29 is 9.47 Å². The van der Waals surface area contributed by atoms with E-state index in [4.69, 9.17) is 21.1 Å². The third-order valence-electron chi connectivity index (χ3n) is 5.14. The third kappa shape index (κ3) is 4.15. The van der Waals surface area contributed by atoms with Gasteiger partial charge in [0.25, 0.3) is 0 Å². The smallest absolute Gasteiger partial charge is 0.0594 e. The molecule has 4 rings (SSSR count). The summed E-state index contributed by atoms with van der Waals surface area (Å²) in [6, 6.07) is 10.8. The maximum atomic E-state index is 6.46. The lowest BCUT2D eigenvalue weighted by atomic mass is 9.99. The second-order valence-corrected chi connectivity index (χ2v) is 7.27. The van der Waals surface area contributed by atoms with Crippen LogP contribution in [0.4, 0.5) is 0 Å². The SMILES string of the molecule is Clc1cccc2cc(CN3CCOCC3)c(CN3CCOCC3)cc12. The van der Waals surface area contributed by atoms with Gasteiger partial charge in [-0.2, -0.15) is 0 Å². The van der Waals surface area contributed by atoms with Gasteiger partial charge >= 0.3 is 0 Å². The van der Waals surface area contributed by atoms with Gasteiger partial charge in [-0.15, -0.1) is 0 Å². The van der Waals surface area contributed by atoms with Crippen LogP contribution in [-0.4, -0.2) is 62.4 Å². The molecule has 0 atom stereocenters. The molecule has 0 saturated carbocycles. The van der Waals surface area contributed by atoms with Gasteiger partial charge in [-0.05, 0) is 34.7 Å². The summed E-state index contributed by atoms with van der Waals surface area (Å²) in [6.45, 7) is 9.26. The zero-order chi connectivity index (χ0) is 17.1. The summed E-state index contributed by atoms with van der Waals surface area (Å²) in [6.07, 6.45) is 0. The average molecular weight is 361 g/mol. The standard InChI is InChI=1S/C20H25ClN2O2/c21-20-3-1-2-16-12-17(14-22-4-8-24-9-5-22)18(13-19(16)20)15-23-6-10-25-11-7-23/h1-3,12-13H,4-11,14-15H2. The molecule has 0 aromatic heterocycles. The van der Waals surface area contributed by atoms with Crippen molar-refractivity contribution >= 4 is 22.4 Å². The molecule has 2 aliphatic rings. The quantitative estimate of drug-likeness (QED) is 0.836. The number of morpholine rings is 2. The van der Waals surface area contributed by atoms with Gasteiger partial charge in [0, 0.05) is 49.7 Å². The van der Waals surface area contributed by atoms with Crippen molar-refractivity contribution in [1.29, 1.82) is 0 Å². The molecule has 134 valence electrons. The van der Waals surface area contributed by atoms with E-state index >= 15 is 0 Å². The van der Waals surface area contributed by atoms with E-state index < -0.39 is 0 Å². The predicted octanol–water partition coefficient (Wildman–Crippen LogP) is 3.16. The molecule has 2 aromatic rings. The lowest BCUT2D eigenvalue weighted by Gasteiger charge is -2.30. The molecule has 0 spiro atoms. The van der Waals surface area contributed by atoms with Gasteiger partial charge in [-0.3, -0.25) is 9.80 Å². The number of fused-ring (bicyclic) bond motifs is 1. The first-order valence-electron chi connectivity index (χ1n) is 9.10. The van der Waals surface area contributed by atoms with Crippen LogP contribution in [0.1, 0.15) is 11.1 Å². The Morgan fingerprint density at radius 1 is 0.800 bits per heavy atom. The monoisotopic (exact) mass is 360 g/mol. The van der Waals surface area contributed by atoms with Crippen LogP contribution in [0.15, 0.2) is 30.3 Å². The maximum absolute atomic E-state index is 6.46. The normalized spacial score (nSPS) is 20.2. The van der Waals surface area contributed by atoms with Crippen molar-refractivity contribution in [3.05, 3.63) is 46.5 Å². The summed E-state index contributed by atoms with van der Waals surface area (Å²) in [5.41, 5.74) is 2.79. The van der Waals surface area contributed by atoms with E-state index in [-0.39, 0.29) is 0 Å². The summed E-state index contributed by atoms with van der Waals surface area (Å²) in [5, 5.41) is 3.21.